The molecule has 0 radical (unpaired) electrons. The highest BCUT2D eigenvalue weighted by Gasteiger charge is 2.19. The number of carbonyl (C=O) groups is 2. The number of carbonyl (C=O) groups excluding carboxylic acids is 2. The van der Waals surface area contributed by atoms with Crippen molar-refractivity contribution in [1.29, 1.82) is 0 Å². The summed E-state index contributed by atoms with van der Waals surface area (Å²) < 4.78 is 0. The van der Waals surface area contributed by atoms with Gasteiger partial charge in [-0.2, -0.15) is 0 Å². The van der Waals surface area contributed by atoms with Crippen molar-refractivity contribution in [3.8, 4) is 12.3 Å². The molecule has 0 unspecified atom stereocenters. The maximum Gasteiger partial charge on any atom is 0.244 e. The minimum absolute atomic E-state index is 0.00876. The molecule has 0 fully saturated rings. The van der Waals surface area contributed by atoms with Gasteiger partial charge in [0, 0.05) is 25.0 Å². The van der Waals surface area contributed by atoms with Crippen molar-refractivity contribution < 1.29 is 9.59 Å². The Labute approximate surface area is 134 Å². The van der Waals surface area contributed by atoms with Gasteiger partial charge >= 0.3 is 0 Å². The number of unbranched alkanes of at least 4 members (excludes halogenated alkanes) is 3. The molecule has 1 heterocycles. The lowest BCUT2D eigenvalue weighted by atomic mass is 10.0. The van der Waals surface area contributed by atoms with E-state index in [9.17, 15) is 9.59 Å². The normalized spacial score (nSPS) is 18.3. The zero-order chi connectivity index (χ0) is 16.4. The van der Waals surface area contributed by atoms with Gasteiger partial charge < -0.3 is 10.6 Å². The fourth-order valence-corrected chi connectivity index (χ4v) is 2.60. The third-order valence-corrected chi connectivity index (χ3v) is 4.10. The van der Waals surface area contributed by atoms with E-state index in [1.165, 1.54) is 0 Å². The first kappa shape index (κ1) is 18.3. The Balaban J connectivity index is 2.04. The Bertz CT molecular complexity index is 448. The molecule has 0 bridgehead atoms. The first-order valence-electron chi connectivity index (χ1n) is 8.24. The van der Waals surface area contributed by atoms with E-state index >= 15 is 0 Å². The maximum atomic E-state index is 11.9. The zero-order valence-corrected chi connectivity index (χ0v) is 13.8. The van der Waals surface area contributed by atoms with Gasteiger partial charge in [-0.05, 0) is 44.6 Å². The molecular formula is C18H28N2O2. The molecular weight excluding hydrogens is 276 g/mol. The second-order valence-corrected chi connectivity index (χ2v) is 6.09. The lowest BCUT2D eigenvalue weighted by Gasteiger charge is -2.14. The fraction of sp³-hybridized carbons (Fsp3) is 0.667. The van der Waals surface area contributed by atoms with Gasteiger partial charge in [0.25, 0.3) is 0 Å². The third-order valence-electron chi connectivity index (χ3n) is 4.10. The first-order valence-corrected chi connectivity index (χ1v) is 8.24. The van der Waals surface area contributed by atoms with E-state index in [1.807, 2.05) is 13.8 Å². The second-order valence-electron chi connectivity index (χ2n) is 6.09. The van der Waals surface area contributed by atoms with Gasteiger partial charge in [0.1, 0.15) is 0 Å². The van der Waals surface area contributed by atoms with Crippen molar-refractivity contribution in [2.45, 2.75) is 64.8 Å². The molecule has 2 atom stereocenters. The molecule has 0 aromatic carbocycles. The largest absolute Gasteiger partial charge is 0.356 e. The van der Waals surface area contributed by atoms with Gasteiger partial charge in [-0.15, -0.1) is 12.3 Å². The average Bonchev–Trinajstić information content (AvgIpc) is 2.80. The second kappa shape index (κ2) is 10.0. The van der Waals surface area contributed by atoms with Crippen LogP contribution in [-0.2, 0) is 9.59 Å². The molecule has 4 nitrogen and oxygen atoms in total. The Hall–Kier alpha value is -1.76. The van der Waals surface area contributed by atoms with Crippen LogP contribution in [0.25, 0.3) is 0 Å². The molecule has 4 heteroatoms. The molecule has 1 rings (SSSR count). The van der Waals surface area contributed by atoms with Crippen LogP contribution in [0.4, 0.5) is 0 Å². The number of terminal acetylenes is 1. The summed E-state index contributed by atoms with van der Waals surface area (Å²) in [5.74, 6) is 2.81. The highest BCUT2D eigenvalue weighted by Crippen LogP contribution is 2.14. The number of nitrogens with one attached hydrogen (secondary N) is 2. The lowest BCUT2D eigenvalue weighted by Crippen LogP contribution is -2.31. The topological polar surface area (TPSA) is 58.2 Å². The molecule has 1 aliphatic heterocycles. The summed E-state index contributed by atoms with van der Waals surface area (Å²) in [6.45, 7) is 4.65. The highest BCUT2D eigenvalue weighted by molar-refractivity contribution is 5.91. The van der Waals surface area contributed by atoms with Crippen molar-refractivity contribution in [3.05, 3.63) is 11.6 Å². The average molecular weight is 304 g/mol. The highest BCUT2D eigenvalue weighted by atomic mass is 16.2. The van der Waals surface area contributed by atoms with Crippen LogP contribution in [0.1, 0.15) is 58.8 Å². The van der Waals surface area contributed by atoms with Gasteiger partial charge in [-0.3, -0.25) is 9.59 Å². The van der Waals surface area contributed by atoms with Crippen LogP contribution in [-0.4, -0.2) is 24.4 Å². The van der Waals surface area contributed by atoms with Crippen LogP contribution >= 0.6 is 0 Å². The van der Waals surface area contributed by atoms with Gasteiger partial charge in [0.2, 0.25) is 11.8 Å². The van der Waals surface area contributed by atoms with E-state index in [0.29, 0.717) is 6.54 Å². The number of hydrogen-bond donors (Lipinski definition) is 2. The number of hydrogen-bond acceptors (Lipinski definition) is 2. The Morgan fingerprint density at radius 2 is 2.18 bits per heavy atom. The van der Waals surface area contributed by atoms with Gasteiger partial charge in [-0.1, -0.05) is 13.3 Å². The summed E-state index contributed by atoms with van der Waals surface area (Å²) in [7, 11) is 0. The SMILES string of the molecule is C#CCCCC[C@H](C)C(=O)NCCCC[C@@H]1NC(=O)C=C1C. The third kappa shape index (κ3) is 6.80. The summed E-state index contributed by atoms with van der Waals surface area (Å²) in [6.07, 6.45) is 13.4. The summed E-state index contributed by atoms with van der Waals surface area (Å²) in [4.78, 5) is 23.1. The molecule has 1 aliphatic rings. The molecule has 0 aliphatic carbocycles. The molecule has 0 saturated carbocycles. The van der Waals surface area contributed by atoms with E-state index in [4.69, 9.17) is 6.42 Å². The monoisotopic (exact) mass is 304 g/mol. The van der Waals surface area contributed by atoms with Crippen LogP contribution in [0.3, 0.4) is 0 Å². The minimum atomic E-state index is 0.00876. The Morgan fingerprint density at radius 1 is 1.41 bits per heavy atom. The molecule has 122 valence electrons. The van der Waals surface area contributed by atoms with Crippen molar-refractivity contribution in [1.82, 2.24) is 10.6 Å². The van der Waals surface area contributed by atoms with Crippen LogP contribution in [0.15, 0.2) is 11.6 Å². The fourth-order valence-electron chi connectivity index (χ4n) is 2.60. The summed E-state index contributed by atoms with van der Waals surface area (Å²) >= 11 is 0. The first-order chi connectivity index (χ1) is 10.5. The molecule has 0 aromatic rings. The Morgan fingerprint density at radius 3 is 2.82 bits per heavy atom. The smallest absolute Gasteiger partial charge is 0.244 e. The molecule has 0 aromatic heterocycles. The van der Waals surface area contributed by atoms with Crippen molar-refractivity contribution in [2.75, 3.05) is 6.54 Å². The zero-order valence-electron chi connectivity index (χ0n) is 13.8. The Kier molecular flexibility index (Phi) is 8.35. The van der Waals surface area contributed by atoms with Crippen molar-refractivity contribution >= 4 is 11.8 Å². The minimum Gasteiger partial charge on any atom is -0.356 e. The summed E-state index contributed by atoms with van der Waals surface area (Å²) in [5, 5.41) is 5.91. The number of amides is 2. The van der Waals surface area contributed by atoms with Crippen molar-refractivity contribution in [2.24, 2.45) is 5.92 Å². The van der Waals surface area contributed by atoms with Crippen LogP contribution in [0.2, 0.25) is 0 Å². The van der Waals surface area contributed by atoms with Crippen LogP contribution < -0.4 is 10.6 Å². The summed E-state index contributed by atoms with van der Waals surface area (Å²) in [6, 6.07) is 0.179. The van der Waals surface area contributed by atoms with Crippen molar-refractivity contribution in [3.63, 3.8) is 0 Å². The molecule has 22 heavy (non-hydrogen) atoms. The molecule has 0 spiro atoms. The van der Waals surface area contributed by atoms with Gasteiger partial charge in [0.05, 0.1) is 6.04 Å². The van der Waals surface area contributed by atoms with Gasteiger partial charge in [-0.25, -0.2) is 0 Å². The van der Waals surface area contributed by atoms with Crippen LogP contribution in [0.5, 0.6) is 0 Å². The molecule has 0 saturated heterocycles. The van der Waals surface area contributed by atoms with E-state index < -0.39 is 0 Å². The lowest BCUT2D eigenvalue weighted by molar-refractivity contribution is -0.124. The molecule has 2 N–H and O–H groups in total. The van der Waals surface area contributed by atoms with Crippen LogP contribution in [0, 0.1) is 18.3 Å². The predicted octanol–water partition coefficient (Wildman–Crippen LogP) is 2.55. The van der Waals surface area contributed by atoms with Gasteiger partial charge in [0.15, 0.2) is 0 Å². The van der Waals surface area contributed by atoms with E-state index in [1.54, 1.807) is 6.08 Å². The standard InChI is InChI=1S/C18H28N2O2/c1-4-5-6-7-10-14(2)18(22)19-12-9-8-11-16-15(3)13-17(21)20-16/h1,13-14,16H,5-12H2,2-3H3,(H,19,22)(H,20,21)/t14-,16-/m0/s1. The summed E-state index contributed by atoms with van der Waals surface area (Å²) in [5.41, 5.74) is 1.11. The number of rotatable bonds is 10. The van der Waals surface area contributed by atoms with E-state index in [2.05, 4.69) is 16.6 Å². The quantitative estimate of drug-likeness (QED) is 0.481. The predicted molar refractivity (Wildman–Crippen MR) is 89.0 cm³/mol. The van der Waals surface area contributed by atoms with E-state index in [0.717, 1.165) is 50.5 Å². The van der Waals surface area contributed by atoms with E-state index in [-0.39, 0.29) is 23.8 Å². The molecule has 2 amide bonds. The maximum absolute atomic E-state index is 11.9.